The van der Waals surface area contributed by atoms with Crippen LogP contribution in [0.2, 0.25) is 0 Å². The Balaban J connectivity index is 2.20. The Morgan fingerprint density at radius 1 is 1.23 bits per heavy atom. The van der Waals surface area contributed by atoms with E-state index in [-0.39, 0.29) is 18.0 Å². The fourth-order valence-corrected chi connectivity index (χ4v) is 1.79. The molecular formula is C17H13FN2O2. The second-order valence-corrected chi connectivity index (χ2v) is 4.49. The van der Waals surface area contributed by atoms with Crippen molar-refractivity contribution in [1.29, 1.82) is 5.26 Å². The minimum atomic E-state index is -0.796. The number of primary amides is 1. The molecule has 4 nitrogen and oxygen atoms in total. The number of hydrogen-bond acceptors (Lipinski definition) is 3. The third kappa shape index (κ3) is 3.93. The summed E-state index contributed by atoms with van der Waals surface area (Å²) in [5.41, 5.74) is 6.33. The van der Waals surface area contributed by atoms with Crippen LogP contribution in [0.25, 0.3) is 6.08 Å². The molecule has 2 aromatic carbocycles. The van der Waals surface area contributed by atoms with Crippen molar-refractivity contribution in [2.75, 3.05) is 0 Å². The van der Waals surface area contributed by atoms with E-state index in [0.717, 1.165) is 5.56 Å². The summed E-state index contributed by atoms with van der Waals surface area (Å²) in [4.78, 5) is 11.1. The van der Waals surface area contributed by atoms with Crippen LogP contribution in [0, 0.1) is 17.1 Å². The third-order valence-corrected chi connectivity index (χ3v) is 2.91. The van der Waals surface area contributed by atoms with Crippen LogP contribution >= 0.6 is 0 Å². The first-order valence-corrected chi connectivity index (χ1v) is 6.48. The van der Waals surface area contributed by atoms with Crippen LogP contribution in [0.15, 0.2) is 54.1 Å². The van der Waals surface area contributed by atoms with Crippen molar-refractivity contribution in [2.24, 2.45) is 5.73 Å². The molecule has 5 heteroatoms. The van der Waals surface area contributed by atoms with Gasteiger partial charge in [0.15, 0.2) is 0 Å². The van der Waals surface area contributed by atoms with E-state index in [1.54, 1.807) is 42.5 Å². The van der Waals surface area contributed by atoms with Crippen molar-refractivity contribution in [3.63, 3.8) is 0 Å². The van der Waals surface area contributed by atoms with Gasteiger partial charge in [0.25, 0.3) is 5.91 Å². The Bertz CT molecular complexity index is 746. The van der Waals surface area contributed by atoms with Gasteiger partial charge < -0.3 is 10.5 Å². The second-order valence-electron chi connectivity index (χ2n) is 4.49. The molecule has 1 amide bonds. The zero-order valence-corrected chi connectivity index (χ0v) is 11.6. The predicted molar refractivity (Wildman–Crippen MR) is 80.0 cm³/mol. The van der Waals surface area contributed by atoms with Gasteiger partial charge in [0.1, 0.15) is 29.8 Å². The maximum absolute atomic E-state index is 12.8. The van der Waals surface area contributed by atoms with Gasteiger partial charge in [-0.1, -0.05) is 30.3 Å². The number of rotatable bonds is 5. The molecule has 0 fully saturated rings. The number of nitrogens with zero attached hydrogens (tertiary/aromatic N) is 1. The van der Waals surface area contributed by atoms with Crippen LogP contribution in [0.3, 0.4) is 0 Å². The highest BCUT2D eigenvalue weighted by Crippen LogP contribution is 2.22. The summed E-state index contributed by atoms with van der Waals surface area (Å²) in [6.45, 7) is 0.240. The molecule has 0 saturated carbocycles. The Kier molecular flexibility index (Phi) is 4.89. The van der Waals surface area contributed by atoms with E-state index in [1.165, 1.54) is 18.2 Å². The fourth-order valence-electron chi connectivity index (χ4n) is 1.79. The van der Waals surface area contributed by atoms with Crippen LogP contribution in [0.4, 0.5) is 4.39 Å². The van der Waals surface area contributed by atoms with Gasteiger partial charge in [-0.2, -0.15) is 5.26 Å². The normalized spacial score (nSPS) is 10.8. The Hall–Kier alpha value is -3.13. The van der Waals surface area contributed by atoms with Crippen LogP contribution in [-0.4, -0.2) is 5.91 Å². The molecular weight excluding hydrogens is 283 g/mol. The number of nitrogens with two attached hydrogens (primary N) is 1. The first-order chi connectivity index (χ1) is 10.6. The number of para-hydroxylation sites is 1. The molecule has 0 aliphatic carbocycles. The predicted octanol–water partition coefficient (Wildman–Crippen LogP) is 2.80. The number of ether oxygens (including phenoxy) is 1. The second kappa shape index (κ2) is 7.04. The third-order valence-electron chi connectivity index (χ3n) is 2.91. The maximum atomic E-state index is 12.8. The van der Waals surface area contributed by atoms with E-state index in [2.05, 4.69) is 0 Å². The van der Waals surface area contributed by atoms with Gasteiger partial charge in [-0.05, 0) is 29.8 Å². The highest BCUT2D eigenvalue weighted by Gasteiger charge is 2.07. The van der Waals surface area contributed by atoms with E-state index >= 15 is 0 Å². The molecule has 0 aliphatic heterocycles. The number of hydrogen-bond donors (Lipinski definition) is 1. The van der Waals surface area contributed by atoms with Gasteiger partial charge in [-0.3, -0.25) is 4.79 Å². The Morgan fingerprint density at radius 2 is 1.91 bits per heavy atom. The smallest absolute Gasteiger partial charge is 0.259 e. The van der Waals surface area contributed by atoms with Gasteiger partial charge in [-0.15, -0.1) is 0 Å². The average molecular weight is 296 g/mol. The highest BCUT2D eigenvalue weighted by molar-refractivity contribution is 6.00. The molecule has 0 saturated heterocycles. The minimum Gasteiger partial charge on any atom is -0.488 e. The van der Waals surface area contributed by atoms with Gasteiger partial charge >= 0.3 is 0 Å². The molecule has 0 radical (unpaired) electrons. The lowest BCUT2D eigenvalue weighted by molar-refractivity contribution is -0.114. The number of carbonyl (C=O) groups is 1. The SMILES string of the molecule is N#C/C(=C\c1ccccc1OCc1ccc(F)cc1)C(N)=O. The summed E-state index contributed by atoms with van der Waals surface area (Å²) in [5.74, 6) is -0.608. The lowest BCUT2D eigenvalue weighted by Gasteiger charge is -2.09. The van der Waals surface area contributed by atoms with Crippen molar-refractivity contribution >= 4 is 12.0 Å². The number of benzene rings is 2. The van der Waals surface area contributed by atoms with E-state index in [1.807, 2.05) is 0 Å². The zero-order valence-electron chi connectivity index (χ0n) is 11.6. The van der Waals surface area contributed by atoms with Crippen LogP contribution < -0.4 is 10.5 Å². The summed E-state index contributed by atoms with van der Waals surface area (Å²) in [7, 11) is 0. The van der Waals surface area contributed by atoms with Crippen molar-refractivity contribution in [2.45, 2.75) is 6.61 Å². The minimum absolute atomic E-state index is 0.155. The summed E-state index contributed by atoms with van der Waals surface area (Å²) in [6, 6.07) is 14.6. The summed E-state index contributed by atoms with van der Waals surface area (Å²) >= 11 is 0. The molecule has 0 bridgehead atoms. The van der Waals surface area contributed by atoms with Crippen molar-refractivity contribution in [3.05, 3.63) is 71.0 Å². The van der Waals surface area contributed by atoms with E-state index in [4.69, 9.17) is 15.7 Å². The molecule has 22 heavy (non-hydrogen) atoms. The molecule has 2 N–H and O–H groups in total. The summed E-state index contributed by atoms with van der Waals surface area (Å²) < 4.78 is 18.5. The van der Waals surface area contributed by atoms with Crippen LogP contribution in [0.5, 0.6) is 5.75 Å². The van der Waals surface area contributed by atoms with E-state index in [9.17, 15) is 9.18 Å². The topological polar surface area (TPSA) is 76.1 Å². The summed E-state index contributed by atoms with van der Waals surface area (Å²) in [6.07, 6.45) is 1.38. The quantitative estimate of drug-likeness (QED) is 0.681. The van der Waals surface area contributed by atoms with E-state index in [0.29, 0.717) is 11.3 Å². The maximum Gasteiger partial charge on any atom is 0.259 e. The van der Waals surface area contributed by atoms with Crippen LogP contribution in [-0.2, 0) is 11.4 Å². The zero-order chi connectivity index (χ0) is 15.9. The monoisotopic (exact) mass is 296 g/mol. The molecule has 2 aromatic rings. The number of halogens is 1. The average Bonchev–Trinajstić information content (AvgIpc) is 2.52. The van der Waals surface area contributed by atoms with Gasteiger partial charge in [0, 0.05) is 5.56 Å². The van der Waals surface area contributed by atoms with Gasteiger partial charge in [0.2, 0.25) is 0 Å². The number of carbonyl (C=O) groups excluding carboxylic acids is 1. The van der Waals surface area contributed by atoms with Crippen molar-refractivity contribution in [3.8, 4) is 11.8 Å². The molecule has 0 heterocycles. The molecule has 0 atom stereocenters. The van der Waals surface area contributed by atoms with Crippen LogP contribution in [0.1, 0.15) is 11.1 Å². The molecule has 0 unspecified atom stereocenters. The number of amides is 1. The Labute approximate surface area is 127 Å². The largest absolute Gasteiger partial charge is 0.488 e. The number of nitriles is 1. The van der Waals surface area contributed by atoms with Crippen molar-refractivity contribution < 1.29 is 13.9 Å². The highest BCUT2D eigenvalue weighted by atomic mass is 19.1. The summed E-state index contributed by atoms with van der Waals surface area (Å²) in [5, 5.41) is 8.89. The first kappa shape index (κ1) is 15.3. The molecule has 0 aromatic heterocycles. The lowest BCUT2D eigenvalue weighted by Crippen LogP contribution is -2.12. The van der Waals surface area contributed by atoms with Crippen molar-refractivity contribution in [1.82, 2.24) is 0 Å². The van der Waals surface area contributed by atoms with Gasteiger partial charge in [0.05, 0.1) is 0 Å². The molecule has 0 aliphatic rings. The Morgan fingerprint density at radius 3 is 2.55 bits per heavy atom. The van der Waals surface area contributed by atoms with E-state index < -0.39 is 5.91 Å². The fraction of sp³-hybridized carbons (Fsp3) is 0.0588. The molecule has 110 valence electrons. The lowest BCUT2D eigenvalue weighted by atomic mass is 10.1. The molecule has 2 rings (SSSR count). The van der Waals surface area contributed by atoms with Gasteiger partial charge in [-0.25, -0.2) is 4.39 Å². The standard InChI is InChI=1S/C17H13FN2O2/c18-15-7-5-12(6-8-15)11-22-16-4-2-1-3-13(16)9-14(10-19)17(20)21/h1-9H,11H2,(H2,20,21)/b14-9+. The molecule has 0 spiro atoms. The first-order valence-electron chi connectivity index (χ1n) is 6.48.